The quantitative estimate of drug-likeness (QED) is 0.184. The molecule has 8 nitrogen and oxygen atoms in total. The molecular formula is C37H45N5O3. The first-order chi connectivity index (χ1) is 21.5. The van der Waals surface area contributed by atoms with E-state index in [1.54, 1.807) is 19.2 Å². The summed E-state index contributed by atoms with van der Waals surface area (Å²) in [6.07, 6.45) is 4.36. The van der Waals surface area contributed by atoms with E-state index in [0.717, 1.165) is 53.7 Å². The third-order valence-corrected chi connectivity index (χ3v) is 9.48. The number of hydrogen-bond donors (Lipinski definition) is 3. The lowest BCUT2D eigenvalue weighted by Crippen LogP contribution is -2.51. The normalized spacial score (nSPS) is 20.6. The van der Waals surface area contributed by atoms with Gasteiger partial charge in [-0.25, -0.2) is 0 Å². The summed E-state index contributed by atoms with van der Waals surface area (Å²) in [7, 11) is 1.66. The Labute approximate surface area is 266 Å². The van der Waals surface area contributed by atoms with Crippen LogP contribution in [0, 0.1) is 16.7 Å². The van der Waals surface area contributed by atoms with Gasteiger partial charge in [-0.1, -0.05) is 76.2 Å². The number of benzene rings is 3. The monoisotopic (exact) mass is 607 g/mol. The molecule has 4 N–H and O–H groups in total. The number of nitrogens with zero attached hydrogens (tertiary/aromatic N) is 2. The number of nitrogens with one attached hydrogen (secondary N) is 2. The molecular weight excluding hydrogens is 562 g/mol. The van der Waals surface area contributed by atoms with E-state index in [9.17, 15) is 9.59 Å². The molecule has 0 aromatic heterocycles. The van der Waals surface area contributed by atoms with E-state index in [4.69, 9.17) is 20.9 Å². The molecule has 2 amide bonds. The van der Waals surface area contributed by atoms with Gasteiger partial charge in [0, 0.05) is 11.1 Å². The van der Waals surface area contributed by atoms with Crippen LogP contribution in [0.2, 0.25) is 0 Å². The van der Waals surface area contributed by atoms with E-state index in [-0.39, 0.29) is 35.7 Å². The summed E-state index contributed by atoms with van der Waals surface area (Å²) in [5.74, 6) is 0.940. The lowest BCUT2D eigenvalue weighted by Gasteiger charge is -2.47. The van der Waals surface area contributed by atoms with Crippen molar-refractivity contribution in [3.05, 3.63) is 89.5 Å². The molecule has 5 rings (SSSR count). The zero-order chi connectivity index (χ0) is 32.4. The molecule has 3 aromatic carbocycles. The van der Waals surface area contributed by atoms with Crippen molar-refractivity contribution in [1.29, 1.82) is 5.41 Å². The molecule has 3 aromatic rings. The first-order valence-corrected chi connectivity index (χ1v) is 15.8. The van der Waals surface area contributed by atoms with Crippen molar-refractivity contribution in [3.63, 3.8) is 0 Å². The first kappa shape index (κ1) is 31.9. The number of ether oxygens (including phenoxy) is 1. The van der Waals surface area contributed by atoms with E-state index < -0.39 is 5.66 Å². The van der Waals surface area contributed by atoms with Crippen LogP contribution in [-0.4, -0.2) is 47.6 Å². The molecule has 1 heterocycles. The van der Waals surface area contributed by atoms with Gasteiger partial charge in [0.05, 0.1) is 19.7 Å². The Morgan fingerprint density at radius 3 is 2.07 bits per heavy atom. The van der Waals surface area contributed by atoms with Crippen LogP contribution in [0.5, 0.6) is 5.75 Å². The van der Waals surface area contributed by atoms with E-state index >= 15 is 0 Å². The Balaban J connectivity index is 1.46. The van der Waals surface area contributed by atoms with Gasteiger partial charge in [-0.15, -0.1) is 0 Å². The number of carbonyl (C=O) groups is 2. The van der Waals surface area contributed by atoms with Crippen LogP contribution in [0.1, 0.15) is 87.3 Å². The van der Waals surface area contributed by atoms with Crippen molar-refractivity contribution < 1.29 is 14.3 Å². The van der Waals surface area contributed by atoms with Crippen molar-refractivity contribution in [1.82, 2.24) is 10.2 Å². The standard InChI is InChI=1S/C37H45N5O3/c1-6-31(26-9-13-28(14-10-26)34(43)40-23-32(38)39)42-35(44)33(41-37(42)21-19-29(20-22-37)36(2,3)4)27-11-7-24(8-12-27)25-15-17-30(45-5)18-16-25/h7-18,29,31H,6,19-23H2,1-5H3,(H3,38,39)(H,40,43). The largest absolute Gasteiger partial charge is 0.497 e. The number of hydrogen-bond acceptors (Lipinski definition) is 5. The van der Waals surface area contributed by atoms with Crippen molar-refractivity contribution in [2.75, 3.05) is 13.7 Å². The van der Waals surface area contributed by atoms with Gasteiger partial charge in [0.15, 0.2) is 0 Å². The third-order valence-electron chi connectivity index (χ3n) is 9.48. The van der Waals surface area contributed by atoms with Gasteiger partial charge in [-0.2, -0.15) is 0 Å². The molecule has 1 aliphatic carbocycles. The van der Waals surface area contributed by atoms with Gasteiger partial charge in [0.2, 0.25) is 0 Å². The molecule has 1 saturated carbocycles. The van der Waals surface area contributed by atoms with Crippen molar-refractivity contribution in [2.24, 2.45) is 22.1 Å². The van der Waals surface area contributed by atoms with Crippen LogP contribution in [0.4, 0.5) is 0 Å². The molecule has 2 aliphatic rings. The summed E-state index contributed by atoms with van der Waals surface area (Å²) in [6.45, 7) is 9.00. The summed E-state index contributed by atoms with van der Waals surface area (Å²) in [5, 5.41) is 10.0. The highest BCUT2D eigenvalue weighted by Gasteiger charge is 2.52. The highest BCUT2D eigenvalue weighted by molar-refractivity contribution is 6.46. The van der Waals surface area contributed by atoms with Gasteiger partial charge in [-0.05, 0) is 84.4 Å². The van der Waals surface area contributed by atoms with E-state index in [1.807, 2.05) is 65.6 Å². The van der Waals surface area contributed by atoms with Crippen LogP contribution in [-0.2, 0) is 4.79 Å². The maximum Gasteiger partial charge on any atom is 0.275 e. The van der Waals surface area contributed by atoms with Gasteiger partial charge >= 0.3 is 0 Å². The predicted molar refractivity (Wildman–Crippen MR) is 180 cm³/mol. The lowest BCUT2D eigenvalue weighted by molar-refractivity contribution is -0.133. The summed E-state index contributed by atoms with van der Waals surface area (Å²) in [5.41, 5.74) is 9.91. The number of amides is 2. The number of carbonyl (C=O) groups excluding carboxylic acids is 2. The maximum absolute atomic E-state index is 14.5. The van der Waals surface area contributed by atoms with Crippen LogP contribution >= 0.6 is 0 Å². The predicted octanol–water partition coefficient (Wildman–Crippen LogP) is 6.74. The van der Waals surface area contributed by atoms with Gasteiger partial charge in [-0.3, -0.25) is 20.0 Å². The van der Waals surface area contributed by atoms with E-state index in [1.165, 1.54) is 0 Å². The molecule has 1 fully saturated rings. The summed E-state index contributed by atoms with van der Waals surface area (Å²) in [6, 6.07) is 23.3. The zero-order valence-electron chi connectivity index (χ0n) is 27.0. The minimum absolute atomic E-state index is 0.000277. The van der Waals surface area contributed by atoms with Gasteiger partial charge in [0.25, 0.3) is 11.8 Å². The van der Waals surface area contributed by atoms with Gasteiger partial charge in [0.1, 0.15) is 23.0 Å². The second kappa shape index (κ2) is 12.9. The molecule has 0 radical (unpaired) electrons. The number of nitrogens with two attached hydrogens (primary N) is 1. The van der Waals surface area contributed by atoms with Crippen molar-refractivity contribution >= 4 is 23.4 Å². The molecule has 1 unspecified atom stereocenters. The Bertz CT molecular complexity index is 1560. The maximum atomic E-state index is 14.5. The number of methoxy groups -OCH3 is 1. The molecule has 1 atom stereocenters. The zero-order valence-corrected chi connectivity index (χ0v) is 27.0. The fraction of sp³-hybridized carbons (Fsp3) is 0.405. The smallest absolute Gasteiger partial charge is 0.275 e. The number of rotatable bonds is 9. The first-order valence-electron chi connectivity index (χ1n) is 15.8. The minimum atomic E-state index is -0.610. The summed E-state index contributed by atoms with van der Waals surface area (Å²) in [4.78, 5) is 34.4. The molecule has 1 aliphatic heterocycles. The Kier molecular flexibility index (Phi) is 9.14. The van der Waals surface area contributed by atoms with Crippen molar-refractivity contribution in [2.45, 2.75) is 71.5 Å². The Morgan fingerprint density at radius 1 is 1.00 bits per heavy atom. The Hall–Kier alpha value is -4.46. The fourth-order valence-corrected chi connectivity index (χ4v) is 6.84. The topological polar surface area (TPSA) is 121 Å². The second-order valence-corrected chi connectivity index (χ2v) is 13.3. The van der Waals surface area contributed by atoms with E-state index in [2.05, 4.69) is 33.0 Å². The van der Waals surface area contributed by atoms with Gasteiger partial charge < -0.3 is 20.7 Å². The van der Waals surface area contributed by atoms with Crippen LogP contribution in [0.25, 0.3) is 11.1 Å². The molecule has 45 heavy (non-hydrogen) atoms. The Morgan fingerprint density at radius 2 is 1.56 bits per heavy atom. The molecule has 236 valence electrons. The van der Waals surface area contributed by atoms with Crippen LogP contribution < -0.4 is 15.8 Å². The SMILES string of the molecule is CCC(c1ccc(C(=O)NCC(=N)N)cc1)N1C(=O)C(c2ccc(-c3ccc(OC)cc3)cc2)=NC12CCC(C(C)(C)C)CC2. The fourth-order valence-electron chi connectivity index (χ4n) is 6.84. The second-order valence-electron chi connectivity index (χ2n) is 13.3. The average molecular weight is 608 g/mol. The van der Waals surface area contributed by atoms with E-state index in [0.29, 0.717) is 23.6 Å². The number of aliphatic imine (C=N–C) groups is 1. The lowest BCUT2D eigenvalue weighted by atomic mass is 9.69. The highest BCUT2D eigenvalue weighted by atomic mass is 16.5. The average Bonchev–Trinajstić information content (AvgIpc) is 3.31. The molecule has 0 bridgehead atoms. The molecule has 8 heteroatoms. The van der Waals surface area contributed by atoms with Crippen molar-refractivity contribution in [3.8, 4) is 16.9 Å². The third kappa shape index (κ3) is 6.65. The van der Waals surface area contributed by atoms with Crippen LogP contribution in [0.15, 0.2) is 77.8 Å². The summed E-state index contributed by atoms with van der Waals surface area (Å²) < 4.78 is 5.30. The highest BCUT2D eigenvalue weighted by Crippen LogP contribution is 2.49. The summed E-state index contributed by atoms with van der Waals surface area (Å²) >= 11 is 0. The molecule has 0 saturated heterocycles. The number of amidine groups is 1. The molecule has 1 spiro atoms. The van der Waals surface area contributed by atoms with Crippen LogP contribution in [0.3, 0.4) is 0 Å². The minimum Gasteiger partial charge on any atom is -0.497 e.